The average molecular weight is 345 g/mol. The smallest absolute Gasteiger partial charge is 0.275 e. The van der Waals surface area contributed by atoms with Crippen LogP contribution in [0.1, 0.15) is 31.1 Å². The Morgan fingerprint density at radius 2 is 2.17 bits per heavy atom. The van der Waals surface area contributed by atoms with E-state index in [1.165, 1.54) is 47.4 Å². The standard InChI is InChI=1S/C16H19N5O2S/c22-14-6-7-17-16-21(14)19-15(24-16)18-11-12(13-5-4-10-23-13)20-8-2-1-3-9-20/h4-7,10,12H,1-3,8-9,11H2,(H,18,19)/t12-/m0/s1. The zero-order valence-electron chi connectivity index (χ0n) is 13.2. The minimum absolute atomic E-state index is 0.164. The van der Waals surface area contributed by atoms with Crippen LogP contribution in [-0.4, -0.2) is 39.1 Å². The van der Waals surface area contributed by atoms with Crippen LogP contribution in [-0.2, 0) is 0 Å². The van der Waals surface area contributed by atoms with Crippen molar-refractivity contribution in [3.8, 4) is 0 Å². The molecular formula is C16H19N5O2S. The normalized spacial score (nSPS) is 17.2. The maximum absolute atomic E-state index is 11.8. The second kappa shape index (κ2) is 6.74. The van der Waals surface area contributed by atoms with E-state index in [1.807, 2.05) is 12.1 Å². The van der Waals surface area contributed by atoms with E-state index in [2.05, 4.69) is 20.3 Å². The molecule has 0 aliphatic carbocycles. The van der Waals surface area contributed by atoms with Crippen molar-refractivity contribution in [2.24, 2.45) is 0 Å². The molecule has 0 radical (unpaired) electrons. The Balaban J connectivity index is 1.53. The molecule has 0 amide bonds. The zero-order valence-corrected chi connectivity index (χ0v) is 14.0. The summed E-state index contributed by atoms with van der Waals surface area (Å²) in [6.07, 6.45) is 6.96. The van der Waals surface area contributed by atoms with Crippen LogP contribution in [0.5, 0.6) is 0 Å². The second-order valence-corrected chi connectivity index (χ2v) is 6.85. The average Bonchev–Trinajstić information content (AvgIpc) is 3.26. The Kier molecular flexibility index (Phi) is 4.31. The van der Waals surface area contributed by atoms with Gasteiger partial charge in [0, 0.05) is 18.8 Å². The molecule has 1 N–H and O–H groups in total. The van der Waals surface area contributed by atoms with Crippen molar-refractivity contribution in [1.29, 1.82) is 0 Å². The Labute approximate surface area is 142 Å². The lowest BCUT2D eigenvalue weighted by molar-refractivity contribution is 0.153. The van der Waals surface area contributed by atoms with E-state index in [-0.39, 0.29) is 11.6 Å². The summed E-state index contributed by atoms with van der Waals surface area (Å²) in [6, 6.07) is 5.52. The third-order valence-electron chi connectivity index (χ3n) is 4.32. The quantitative estimate of drug-likeness (QED) is 0.765. The molecule has 0 bridgehead atoms. The Morgan fingerprint density at radius 3 is 2.92 bits per heavy atom. The lowest BCUT2D eigenvalue weighted by atomic mass is 10.1. The van der Waals surface area contributed by atoms with E-state index in [4.69, 9.17) is 4.42 Å². The molecule has 1 aliphatic heterocycles. The van der Waals surface area contributed by atoms with Crippen molar-refractivity contribution >= 4 is 21.4 Å². The predicted molar refractivity (Wildman–Crippen MR) is 92.5 cm³/mol. The first-order valence-electron chi connectivity index (χ1n) is 8.17. The molecule has 4 heterocycles. The molecule has 1 saturated heterocycles. The second-order valence-electron chi connectivity index (χ2n) is 5.89. The van der Waals surface area contributed by atoms with E-state index in [9.17, 15) is 4.79 Å². The first-order valence-corrected chi connectivity index (χ1v) is 8.99. The van der Waals surface area contributed by atoms with Gasteiger partial charge in [0.15, 0.2) is 0 Å². The summed E-state index contributed by atoms with van der Waals surface area (Å²) in [5.74, 6) is 0.959. The van der Waals surface area contributed by atoms with Crippen LogP contribution in [0.3, 0.4) is 0 Å². The zero-order chi connectivity index (χ0) is 16.4. The molecule has 1 atom stereocenters. The maximum atomic E-state index is 11.8. The summed E-state index contributed by atoms with van der Waals surface area (Å²) < 4.78 is 6.98. The number of rotatable bonds is 5. The number of fused-ring (bicyclic) bond motifs is 1. The van der Waals surface area contributed by atoms with Crippen molar-refractivity contribution in [1.82, 2.24) is 19.5 Å². The lowest BCUT2D eigenvalue weighted by Gasteiger charge is -2.33. The molecule has 1 fully saturated rings. The van der Waals surface area contributed by atoms with Crippen molar-refractivity contribution in [3.05, 3.63) is 46.8 Å². The number of piperidine rings is 1. The monoisotopic (exact) mass is 345 g/mol. The van der Waals surface area contributed by atoms with E-state index < -0.39 is 0 Å². The van der Waals surface area contributed by atoms with E-state index in [1.54, 1.807) is 6.26 Å². The fourth-order valence-electron chi connectivity index (χ4n) is 3.12. The van der Waals surface area contributed by atoms with Gasteiger partial charge < -0.3 is 9.73 Å². The fraction of sp³-hybridized carbons (Fsp3) is 0.438. The van der Waals surface area contributed by atoms with Crippen LogP contribution in [0, 0.1) is 0 Å². The number of aromatic nitrogens is 3. The molecule has 8 heteroatoms. The number of hydrogen-bond donors (Lipinski definition) is 1. The van der Waals surface area contributed by atoms with Gasteiger partial charge in [0.2, 0.25) is 10.1 Å². The number of likely N-dealkylation sites (tertiary alicyclic amines) is 1. The van der Waals surface area contributed by atoms with Gasteiger partial charge >= 0.3 is 0 Å². The van der Waals surface area contributed by atoms with Gasteiger partial charge in [0.25, 0.3) is 5.56 Å². The molecule has 3 aromatic rings. The van der Waals surface area contributed by atoms with E-state index in [0.29, 0.717) is 16.6 Å². The number of nitrogens with one attached hydrogen (secondary N) is 1. The molecule has 0 spiro atoms. The molecular weight excluding hydrogens is 326 g/mol. The number of nitrogens with zero attached hydrogens (tertiary/aromatic N) is 4. The highest BCUT2D eigenvalue weighted by Gasteiger charge is 2.24. The van der Waals surface area contributed by atoms with Crippen LogP contribution in [0.15, 0.2) is 39.9 Å². The minimum atomic E-state index is -0.164. The maximum Gasteiger partial charge on any atom is 0.275 e. The summed E-state index contributed by atoms with van der Waals surface area (Å²) in [6.45, 7) is 2.84. The number of hydrogen-bond acceptors (Lipinski definition) is 7. The molecule has 0 saturated carbocycles. The molecule has 24 heavy (non-hydrogen) atoms. The minimum Gasteiger partial charge on any atom is -0.468 e. The van der Waals surface area contributed by atoms with Gasteiger partial charge in [0.1, 0.15) is 5.76 Å². The largest absolute Gasteiger partial charge is 0.468 e. The van der Waals surface area contributed by atoms with Gasteiger partial charge in [-0.2, -0.15) is 4.52 Å². The van der Waals surface area contributed by atoms with Gasteiger partial charge in [-0.3, -0.25) is 9.69 Å². The molecule has 126 valence electrons. The van der Waals surface area contributed by atoms with Gasteiger partial charge in [-0.15, -0.1) is 5.10 Å². The molecule has 3 aromatic heterocycles. The highest BCUT2D eigenvalue weighted by molar-refractivity contribution is 7.20. The predicted octanol–water partition coefficient (Wildman–Crippen LogP) is 2.38. The van der Waals surface area contributed by atoms with E-state index in [0.717, 1.165) is 18.8 Å². The molecule has 4 rings (SSSR count). The van der Waals surface area contributed by atoms with Crippen LogP contribution in [0.4, 0.5) is 5.13 Å². The van der Waals surface area contributed by atoms with E-state index >= 15 is 0 Å². The summed E-state index contributed by atoms with van der Waals surface area (Å²) >= 11 is 1.38. The summed E-state index contributed by atoms with van der Waals surface area (Å²) in [4.78, 5) is 19.0. The summed E-state index contributed by atoms with van der Waals surface area (Å²) in [5.41, 5.74) is -0.164. The fourth-order valence-corrected chi connectivity index (χ4v) is 3.90. The Morgan fingerprint density at radius 1 is 1.29 bits per heavy atom. The first-order chi connectivity index (χ1) is 11.8. The SMILES string of the molecule is O=c1ccnc2sc(NC[C@@H](c3ccco3)N3CCCCC3)nn12. The van der Waals surface area contributed by atoms with Gasteiger partial charge in [-0.25, -0.2) is 4.98 Å². The first kappa shape index (κ1) is 15.3. The highest BCUT2D eigenvalue weighted by Crippen LogP contribution is 2.26. The van der Waals surface area contributed by atoms with Gasteiger partial charge in [-0.05, 0) is 38.1 Å². The van der Waals surface area contributed by atoms with Crippen LogP contribution in [0.25, 0.3) is 4.96 Å². The third kappa shape index (κ3) is 3.07. The summed E-state index contributed by atoms with van der Waals surface area (Å²) in [7, 11) is 0. The van der Waals surface area contributed by atoms with Crippen molar-refractivity contribution in [2.45, 2.75) is 25.3 Å². The molecule has 1 aliphatic rings. The molecule has 7 nitrogen and oxygen atoms in total. The number of furan rings is 1. The van der Waals surface area contributed by atoms with Crippen LogP contribution < -0.4 is 10.9 Å². The van der Waals surface area contributed by atoms with Gasteiger partial charge in [-0.1, -0.05) is 17.8 Å². The Bertz CT molecular complexity index is 851. The van der Waals surface area contributed by atoms with Gasteiger partial charge in [0.05, 0.1) is 12.3 Å². The third-order valence-corrected chi connectivity index (χ3v) is 5.20. The van der Waals surface area contributed by atoms with Crippen LogP contribution in [0.2, 0.25) is 0 Å². The molecule has 0 aromatic carbocycles. The number of anilines is 1. The highest BCUT2D eigenvalue weighted by atomic mass is 32.1. The molecule has 0 unspecified atom stereocenters. The lowest BCUT2D eigenvalue weighted by Crippen LogP contribution is -2.37. The topological polar surface area (TPSA) is 75.7 Å². The van der Waals surface area contributed by atoms with Crippen molar-refractivity contribution in [3.63, 3.8) is 0 Å². The Hall–Kier alpha value is -2.19. The van der Waals surface area contributed by atoms with Crippen molar-refractivity contribution in [2.75, 3.05) is 25.0 Å². The van der Waals surface area contributed by atoms with Crippen molar-refractivity contribution < 1.29 is 4.42 Å². The summed E-state index contributed by atoms with van der Waals surface area (Å²) in [5, 5.41) is 8.36. The van der Waals surface area contributed by atoms with Crippen LogP contribution >= 0.6 is 11.3 Å².